The number of hydrogen-bond donors (Lipinski definition) is 4. The lowest BCUT2D eigenvalue weighted by atomic mass is 10.2. The molecule has 0 spiro atoms. The van der Waals surface area contributed by atoms with Crippen LogP contribution in [0.25, 0.3) is 0 Å². The predicted octanol–water partition coefficient (Wildman–Crippen LogP) is 1.24. The fraction of sp³-hybridized carbons (Fsp3) is 0.769. The van der Waals surface area contributed by atoms with Crippen molar-refractivity contribution in [1.29, 1.82) is 0 Å². The van der Waals surface area contributed by atoms with Gasteiger partial charge in [-0.3, -0.25) is 14.4 Å². The van der Waals surface area contributed by atoms with Crippen LogP contribution in [0.15, 0.2) is 0 Å². The van der Waals surface area contributed by atoms with Crippen LogP contribution in [0.5, 0.6) is 0 Å². The maximum Gasteiger partial charge on any atom is 0.306 e. The van der Waals surface area contributed by atoms with Gasteiger partial charge >= 0.3 is 17.9 Å². The highest BCUT2D eigenvalue weighted by Crippen LogP contribution is 2.18. The molecule has 0 bridgehead atoms. The second-order valence-electron chi connectivity index (χ2n) is 4.63. The van der Waals surface area contributed by atoms with Crippen molar-refractivity contribution in [3.05, 3.63) is 0 Å². The average Bonchev–Trinajstić information content (AvgIpc) is 2.50. The largest absolute Gasteiger partial charge is 0.464 e. The standard InChI is InChI=1S/C13H22O6S4/c14-10(1-4-20)17-7-13(23,8-18-11(15)2-5-21)9-19-12(16)3-6-22/h20-23H,1-9H2. The number of thiol groups is 4. The Hall–Kier alpha value is -0.190. The zero-order chi connectivity index (χ0) is 17.7. The summed E-state index contributed by atoms with van der Waals surface area (Å²) in [5, 5.41) is 0. The number of carbonyl (C=O) groups is 3. The van der Waals surface area contributed by atoms with Crippen molar-refractivity contribution in [2.45, 2.75) is 24.0 Å². The van der Waals surface area contributed by atoms with Gasteiger partial charge in [0.15, 0.2) is 0 Å². The molecular formula is C13H22O6S4. The first kappa shape index (κ1) is 22.8. The lowest BCUT2D eigenvalue weighted by Crippen LogP contribution is -2.41. The number of esters is 3. The molecule has 10 heteroatoms. The van der Waals surface area contributed by atoms with Crippen LogP contribution in [0.3, 0.4) is 0 Å². The van der Waals surface area contributed by atoms with Gasteiger partial charge in [0.05, 0.1) is 19.3 Å². The highest BCUT2D eigenvalue weighted by Gasteiger charge is 2.31. The molecule has 0 unspecified atom stereocenters. The first-order valence-electron chi connectivity index (χ1n) is 6.88. The minimum atomic E-state index is -1.12. The van der Waals surface area contributed by atoms with Gasteiger partial charge < -0.3 is 14.2 Å². The molecule has 0 heterocycles. The summed E-state index contributed by atoms with van der Waals surface area (Å²) in [6.07, 6.45) is 0.434. The average molecular weight is 403 g/mol. The molecule has 23 heavy (non-hydrogen) atoms. The highest BCUT2D eigenvalue weighted by atomic mass is 32.1. The van der Waals surface area contributed by atoms with Crippen LogP contribution in [0.1, 0.15) is 19.3 Å². The van der Waals surface area contributed by atoms with Crippen molar-refractivity contribution in [1.82, 2.24) is 0 Å². The molecule has 0 aromatic heterocycles. The third kappa shape index (κ3) is 11.9. The van der Waals surface area contributed by atoms with E-state index >= 15 is 0 Å². The van der Waals surface area contributed by atoms with Crippen molar-refractivity contribution >= 4 is 68.4 Å². The number of carbonyl (C=O) groups excluding carboxylic acids is 3. The van der Waals surface area contributed by atoms with Crippen LogP contribution >= 0.6 is 50.5 Å². The van der Waals surface area contributed by atoms with Crippen LogP contribution in [-0.4, -0.2) is 59.7 Å². The molecule has 0 saturated heterocycles. The topological polar surface area (TPSA) is 78.9 Å². The second kappa shape index (κ2) is 13.1. The molecular weight excluding hydrogens is 380 g/mol. The van der Waals surface area contributed by atoms with Gasteiger partial charge in [-0.05, 0) is 0 Å². The van der Waals surface area contributed by atoms with E-state index in [2.05, 4.69) is 50.5 Å². The minimum absolute atomic E-state index is 0.145. The molecule has 0 aromatic carbocycles. The fourth-order valence-corrected chi connectivity index (χ4v) is 2.00. The van der Waals surface area contributed by atoms with Crippen LogP contribution in [-0.2, 0) is 28.6 Å². The molecule has 6 nitrogen and oxygen atoms in total. The molecule has 0 aliphatic carbocycles. The predicted molar refractivity (Wildman–Crippen MR) is 100 cm³/mol. The van der Waals surface area contributed by atoms with Gasteiger partial charge in [0.25, 0.3) is 0 Å². The molecule has 0 atom stereocenters. The van der Waals surface area contributed by atoms with Crippen molar-refractivity contribution in [2.24, 2.45) is 0 Å². The zero-order valence-corrected chi connectivity index (χ0v) is 16.2. The molecule has 0 fully saturated rings. The van der Waals surface area contributed by atoms with Gasteiger partial charge in [0, 0.05) is 17.3 Å². The maximum atomic E-state index is 11.4. The van der Waals surface area contributed by atoms with E-state index in [-0.39, 0.29) is 39.1 Å². The smallest absolute Gasteiger partial charge is 0.306 e. The molecule has 134 valence electrons. The molecule has 0 saturated carbocycles. The van der Waals surface area contributed by atoms with Gasteiger partial charge in [-0.15, -0.1) is 0 Å². The highest BCUT2D eigenvalue weighted by molar-refractivity contribution is 7.82. The summed E-state index contributed by atoms with van der Waals surface area (Å²) in [6, 6.07) is 0. The molecule has 0 aliphatic heterocycles. The van der Waals surface area contributed by atoms with Crippen molar-refractivity contribution in [2.75, 3.05) is 37.1 Å². The van der Waals surface area contributed by atoms with Crippen LogP contribution in [0.2, 0.25) is 0 Å². The zero-order valence-electron chi connectivity index (χ0n) is 12.6. The summed E-state index contributed by atoms with van der Waals surface area (Å²) in [7, 11) is 0. The first-order chi connectivity index (χ1) is 10.9. The minimum Gasteiger partial charge on any atom is -0.464 e. The SMILES string of the molecule is O=C(CCS)OCC(S)(COC(=O)CCS)COC(=O)CCS. The summed E-state index contributed by atoms with van der Waals surface area (Å²) < 4.78 is 14.0. The molecule has 0 rings (SSSR count). The normalized spacial score (nSPS) is 11.0. The Bertz CT molecular complexity index is 336. The number of ether oxygens (including phenoxy) is 3. The molecule has 0 amide bonds. The Morgan fingerprint density at radius 2 is 0.913 bits per heavy atom. The number of rotatable bonds is 12. The molecule has 0 aromatic rings. The van der Waals surface area contributed by atoms with E-state index < -0.39 is 22.7 Å². The van der Waals surface area contributed by atoms with E-state index in [0.29, 0.717) is 17.3 Å². The number of hydrogen-bond acceptors (Lipinski definition) is 10. The van der Waals surface area contributed by atoms with Gasteiger partial charge in [-0.1, -0.05) is 0 Å². The first-order valence-corrected chi connectivity index (χ1v) is 9.23. The van der Waals surface area contributed by atoms with E-state index in [4.69, 9.17) is 14.2 Å². The molecule has 0 aliphatic rings. The lowest BCUT2D eigenvalue weighted by molar-refractivity contribution is -0.151. The third-order valence-electron chi connectivity index (χ3n) is 2.45. The van der Waals surface area contributed by atoms with E-state index in [1.165, 1.54) is 0 Å². The second-order valence-corrected chi connectivity index (χ2v) is 6.92. The van der Waals surface area contributed by atoms with Gasteiger partial charge in [0.2, 0.25) is 0 Å². The quantitative estimate of drug-likeness (QED) is 0.224. The molecule has 0 radical (unpaired) electrons. The van der Waals surface area contributed by atoms with E-state index in [1.54, 1.807) is 0 Å². The summed E-state index contributed by atoms with van der Waals surface area (Å²) in [6.45, 7) is -0.485. The van der Waals surface area contributed by atoms with Crippen LogP contribution in [0.4, 0.5) is 0 Å². The van der Waals surface area contributed by atoms with Gasteiger partial charge in [-0.2, -0.15) is 50.5 Å². The van der Waals surface area contributed by atoms with Gasteiger partial charge in [0.1, 0.15) is 24.6 Å². The van der Waals surface area contributed by atoms with E-state index in [1.807, 2.05) is 0 Å². The van der Waals surface area contributed by atoms with Crippen LogP contribution < -0.4 is 0 Å². The van der Waals surface area contributed by atoms with Crippen molar-refractivity contribution in [3.8, 4) is 0 Å². The van der Waals surface area contributed by atoms with Crippen molar-refractivity contribution < 1.29 is 28.6 Å². The maximum absolute atomic E-state index is 11.4. The Morgan fingerprint density at radius 3 is 1.13 bits per heavy atom. The fourth-order valence-electron chi connectivity index (χ4n) is 1.26. The van der Waals surface area contributed by atoms with E-state index in [0.717, 1.165) is 0 Å². The Kier molecular flexibility index (Phi) is 13.0. The lowest BCUT2D eigenvalue weighted by Gasteiger charge is -2.27. The Morgan fingerprint density at radius 1 is 0.652 bits per heavy atom. The monoisotopic (exact) mass is 402 g/mol. The summed E-state index contributed by atoms with van der Waals surface area (Å²) >= 11 is 16.2. The van der Waals surface area contributed by atoms with Gasteiger partial charge in [-0.25, -0.2) is 0 Å². The van der Waals surface area contributed by atoms with E-state index in [9.17, 15) is 14.4 Å². The summed E-state index contributed by atoms with van der Waals surface area (Å²) in [5.41, 5.74) is 0. The Balaban J connectivity index is 4.58. The summed E-state index contributed by atoms with van der Waals surface area (Å²) in [4.78, 5) is 34.3. The van der Waals surface area contributed by atoms with Crippen molar-refractivity contribution in [3.63, 3.8) is 0 Å². The van der Waals surface area contributed by atoms with Crippen LogP contribution in [0, 0.1) is 0 Å². The third-order valence-corrected chi connectivity index (χ3v) is 3.51. The Labute approximate surface area is 158 Å². The summed E-state index contributed by atoms with van der Waals surface area (Å²) in [5.74, 6) is -0.310. The molecule has 0 N–H and O–H groups in total.